The number of esters is 1. The highest BCUT2D eigenvalue weighted by Crippen LogP contribution is 2.08. The van der Waals surface area contributed by atoms with Crippen LogP contribution in [-0.4, -0.2) is 36.9 Å². The number of urea groups is 1. The Bertz CT molecular complexity index is 296. The van der Waals surface area contributed by atoms with Gasteiger partial charge in [0.05, 0.1) is 12.5 Å². The molecule has 0 aliphatic rings. The Hall–Kier alpha value is -1.63. The van der Waals surface area contributed by atoms with Crippen molar-refractivity contribution >= 4 is 18.2 Å². The van der Waals surface area contributed by atoms with E-state index in [2.05, 4.69) is 10.4 Å². The van der Waals surface area contributed by atoms with E-state index in [0.29, 0.717) is 0 Å². The number of hydrazone groups is 1. The zero-order chi connectivity index (χ0) is 13.5. The van der Waals surface area contributed by atoms with Crippen LogP contribution in [0.15, 0.2) is 5.10 Å². The van der Waals surface area contributed by atoms with Crippen molar-refractivity contribution in [3.05, 3.63) is 0 Å². The summed E-state index contributed by atoms with van der Waals surface area (Å²) >= 11 is 0. The second-order valence-electron chi connectivity index (χ2n) is 4.44. The Labute approximate surface area is 101 Å². The first-order valence-corrected chi connectivity index (χ1v) is 5.22. The maximum Gasteiger partial charge on any atom is 0.332 e. The van der Waals surface area contributed by atoms with E-state index in [1.54, 1.807) is 27.8 Å². The minimum absolute atomic E-state index is 0.123. The molecule has 0 saturated carbocycles. The number of amides is 2. The Balaban J connectivity index is 4.17. The third-order valence-corrected chi connectivity index (χ3v) is 1.61. The first-order valence-electron chi connectivity index (χ1n) is 5.22. The van der Waals surface area contributed by atoms with Crippen LogP contribution in [0.5, 0.6) is 0 Å². The molecule has 1 unspecified atom stereocenters. The van der Waals surface area contributed by atoms with Crippen LogP contribution in [0.1, 0.15) is 27.2 Å². The molecule has 0 heterocycles. The lowest BCUT2D eigenvalue weighted by Crippen LogP contribution is -2.34. The Kier molecular flexibility index (Phi) is 6.19. The lowest BCUT2D eigenvalue weighted by atomic mass is 10.2. The molecule has 0 aromatic heterocycles. The van der Waals surface area contributed by atoms with Gasteiger partial charge in [0.2, 0.25) is 0 Å². The zero-order valence-corrected chi connectivity index (χ0v) is 10.6. The van der Waals surface area contributed by atoms with Gasteiger partial charge in [-0.25, -0.2) is 10.2 Å². The summed E-state index contributed by atoms with van der Waals surface area (Å²) in [4.78, 5) is 21.9. The van der Waals surface area contributed by atoms with E-state index in [0.717, 1.165) is 0 Å². The molecule has 0 aliphatic heterocycles. The summed E-state index contributed by atoms with van der Waals surface area (Å²) in [6, 6.07) is -1.08. The number of rotatable bonds is 5. The lowest BCUT2D eigenvalue weighted by Gasteiger charge is -2.20. The van der Waals surface area contributed by atoms with E-state index in [4.69, 9.17) is 10.5 Å². The second-order valence-corrected chi connectivity index (χ2v) is 4.44. The second kappa shape index (κ2) is 6.85. The monoisotopic (exact) mass is 244 g/mol. The van der Waals surface area contributed by atoms with Crippen LogP contribution in [0.4, 0.5) is 4.79 Å². The molecule has 0 rings (SSSR count). The van der Waals surface area contributed by atoms with E-state index in [1.165, 1.54) is 6.21 Å². The molecule has 0 aromatic carbocycles. The fourth-order valence-corrected chi connectivity index (χ4v) is 0.983. The smallest absolute Gasteiger partial charge is 0.332 e. The minimum Gasteiger partial charge on any atom is -0.460 e. The zero-order valence-electron chi connectivity index (χ0n) is 10.6. The first kappa shape index (κ1) is 15.4. The number of hydrogen-bond donors (Lipinski definition) is 3. The van der Waals surface area contributed by atoms with Gasteiger partial charge < -0.3 is 15.8 Å². The van der Waals surface area contributed by atoms with E-state index in [9.17, 15) is 9.59 Å². The molecule has 0 aromatic rings. The molecular weight excluding hydrogens is 224 g/mol. The number of hydrogen-bond acceptors (Lipinski definition) is 5. The molecule has 17 heavy (non-hydrogen) atoms. The van der Waals surface area contributed by atoms with Gasteiger partial charge >= 0.3 is 12.0 Å². The average molecular weight is 244 g/mol. The van der Waals surface area contributed by atoms with Crippen LogP contribution in [0.2, 0.25) is 0 Å². The van der Waals surface area contributed by atoms with Crippen molar-refractivity contribution < 1.29 is 14.3 Å². The van der Waals surface area contributed by atoms with Gasteiger partial charge in [0.25, 0.3) is 0 Å². The summed E-state index contributed by atoms with van der Waals surface area (Å²) in [7, 11) is 1.67. The number of nitrogens with zero attached hydrogens (tertiary/aromatic N) is 1. The van der Waals surface area contributed by atoms with E-state index >= 15 is 0 Å². The number of nitrogens with two attached hydrogens (primary N) is 1. The molecule has 0 fully saturated rings. The van der Waals surface area contributed by atoms with E-state index < -0.39 is 11.6 Å². The predicted molar refractivity (Wildman–Crippen MR) is 64.5 cm³/mol. The third kappa shape index (κ3) is 9.31. The molecule has 0 radical (unpaired) electrons. The first-order chi connectivity index (χ1) is 7.74. The van der Waals surface area contributed by atoms with Gasteiger partial charge in [0, 0.05) is 6.21 Å². The number of nitrogens with one attached hydrogen (secondary N) is 2. The van der Waals surface area contributed by atoms with Crippen LogP contribution in [0.3, 0.4) is 0 Å². The maximum absolute atomic E-state index is 11.5. The summed E-state index contributed by atoms with van der Waals surface area (Å²) in [5.41, 5.74) is 6.36. The predicted octanol–water partition coefficient (Wildman–Crippen LogP) is -0.0397. The topological polar surface area (TPSA) is 106 Å². The molecule has 1 atom stereocenters. The van der Waals surface area contributed by atoms with Crippen LogP contribution in [0, 0.1) is 0 Å². The van der Waals surface area contributed by atoms with Crippen molar-refractivity contribution in [2.75, 3.05) is 7.05 Å². The lowest BCUT2D eigenvalue weighted by molar-refractivity contribution is -0.154. The molecule has 2 amide bonds. The van der Waals surface area contributed by atoms with Crippen molar-refractivity contribution in [3.63, 3.8) is 0 Å². The average Bonchev–Trinajstić information content (AvgIpc) is 2.12. The highest BCUT2D eigenvalue weighted by atomic mass is 16.6. The van der Waals surface area contributed by atoms with Gasteiger partial charge in [-0.2, -0.15) is 5.10 Å². The minimum atomic E-state index is -0.756. The quantitative estimate of drug-likeness (QED) is 0.358. The largest absolute Gasteiger partial charge is 0.460 e. The molecule has 0 saturated heterocycles. The van der Waals surface area contributed by atoms with Gasteiger partial charge in [-0.15, -0.1) is 0 Å². The van der Waals surface area contributed by atoms with Crippen LogP contribution in [-0.2, 0) is 9.53 Å². The van der Waals surface area contributed by atoms with Gasteiger partial charge in [-0.1, -0.05) is 0 Å². The van der Waals surface area contributed by atoms with Crippen molar-refractivity contribution in [3.8, 4) is 0 Å². The number of primary amides is 1. The van der Waals surface area contributed by atoms with Gasteiger partial charge in [0.1, 0.15) is 5.60 Å². The molecule has 0 aliphatic carbocycles. The third-order valence-electron chi connectivity index (χ3n) is 1.61. The Morgan fingerprint density at radius 1 is 1.47 bits per heavy atom. The Morgan fingerprint density at radius 2 is 2.06 bits per heavy atom. The van der Waals surface area contributed by atoms with Crippen LogP contribution in [0.25, 0.3) is 0 Å². The van der Waals surface area contributed by atoms with Gasteiger partial charge in [-0.05, 0) is 27.8 Å². The molecule has 7 nitrogen and oxygen atoms in total. The fraction of sp³-hybridized carbons (Fsp3) is 0.700. The fourth-order valence-electron chi connectivity index (χ4n) is 0.983. The summed E-state index contributed by atoms with van der Waals surface area (Å²) in [5, 5.41) is 6.42. The van der Waals surface area contributed by atoms with Crippen LogP contribution < -0.4 is 16.5 Å². The molecule has 0 spiro atoms. The number of ether oxygens (including phenoxy) is 1. The van der Waals surface area contributed by atoms with Crippen molar-refractivity contribution in [1.29, 1.82) is 0 Å². The SMILES string of the molecule is CNC(C=NNC(N)=O)CC(=O)OC(C)(C)C. The van der Waals surface area contributed by atoms with E-state index in [-0.39, 0.29) is 18.4 Å². The highest BCUT2D eigenvalue weighted by molar-refractivity contribution is 5.78. The summed E-state index contributed by atoms with van der Waals surface area (Å²) < 4.78 is 5.14. The van der Waals surface area contributed by atoms with Crippen molar-refractivity contribution in [1.82, 2.24) is 10.7 Å². The van der Waals surface area contributed by atoms with Crippen LogP contribution >= 0.6 is 0 Å². The Morgan fingerprint density at radius 3 is 2.47 bits per heavy atom. The summed E-state index contributed by atoms with van der Waals surface area (Å²) in [6.07, 6.45) is 1.51. The molecule has 98 valence electrons. The molecule has 7 heteroatoms. The number of carbonyl (C=O) groups excluding carboxylic acids is 2. The molecular formula is C10H20N4O3. The van der Waals surface area contributed by atoms with E-state index in [1.807, 2.05) is 5.43 Å². The maximum atomic E-state index is 11.5. The summed E-state index contributed by atoms with van der Waals surface area (Å²) in [5.74, 6) is -0.345. The highest BCUT2D eigenvalue weighted by Gasteiger charge is 2.18. The standard InChI is InChI=1S/C10H20N4O3/c1-10(2,3)17-8(15)5-7(12-4)6-13-14-9(11)16/h6-7,12H,5H2,1-4H3,(H3,11,14,16). The van der Waals surface area contributed by atoms with Gasteiger partial charge in [0.15, 0.2) is 0 Å². The normalized spacial score (nSPS) is 13.4. The molecule has 4 N–H and O–H groups in total. The molecule has 0 bridgehead atoms. The summed E-state index contributed by atoms with van der Waals surface area (Å²) in [6.45, 7) is 5.38. The van der Waals surface area contributed by atoms with Crippen molar-refractivity contribution in [2.45, 2.75) is 38.8 Å². The number of carbonyl (C=O) groups is 2. The van der Waals surface area contributed by atoms with Crippen molar-refractivity contribution in [2.24, 2.45) is 10.8 Å². The van der Waals surface area contributed by atoms with Gasteiger partial charge in [-0.3, -0.25) is 4.79 Å².